The van der Waals surface area contributed by atoms with Gasteiger partial charge in [-0.2, -0.15) is 0 Å². The maximum atomic E-state index is 12.5. The van der Waals surface area contributed by atoms with Crippen molar-refractivity contribution in [2.45, 2.75) is 38.6 Å². The smallest absolute Gasteiger partial charge is 0.274 e. The van der Waals surface area contributed by atoms with Gasteiger partial charge in [0, 0.05) is 26.2 Å². The number of likely N-dealkylation sites (tertiary alicyclic amines) is 1. The summed E-state index contributed by atoms with van der Waals surface area (Å²) in [4.78, 5) is 23.0. The van der Waals surface area contributed by atoms with Crippen LogP contribution in [0.1, 0.15) is 43.1 Å². The van der Waals surface area contributed by atoms with Gasteiger partial charge >= 0.3 is 0 Å². The Bertz CT molecular complexity index is 449. The van der Waals surface area contributed by atoms with Crippen molar-refractivity contribution in [3.8, 4) is 0 Å². The summed E-state index contributed by atoms with van der Waals surface area (Å²) in [7, 11) is 1.65. The predicted octanol–water partition coefficient (Wildman–Crippen LogP) is 1.94. The Balaban J connectivity index is 1.98. The highest BCUT2D eigenvalue weighted by atomic mass is 16.5. The van der Waals surface area contributed by atoms with E-state index in [1.165, 1.54) is 6.42 Å². The minimum Gasteiger partial charge on any atom is -0.383 e. The molecule has 0 saturated carbocycles. The zero-order chi connectivity index (χ0) is 15.1. The summed E-state index contributed by atoms with van der Waals surface area (Å²) in [5.74, 6) is 0.659. The number of hydrogen-bond donors (Lipinski definition) is 1. The second-order valence-corrected chi connectivity index (χ2v) is 5.26. The number of carbonyl (C=O) groups excluding carboxylic acids is 1. The van der Waals surface area contributed by atoms with Gasteiger partial charge < -0.3 is 15.0 Å². The Kier molecular flexibility index (Phi) is 5.92. The molecule has 0 bridgehead atoms. The van der Waals surface area contributed by atoms with Crippen molar-refractivity contribution >= 4 is 11.7 Å². The zero-order valence-electron chi connectivity index (χ0n) is 12.8. The van der Waals surface area contributed by atoms with Gasteiger partial charge in [-0.1, -0.05) is 6.92 Å². The van der Waals surface area contributed by atoms with Crippen LogP contribution in [0.4, 0.5) is 5.82 Å². The molecule has 0 aliphatic carbocycles. The largest absolute Gasteiger partial charge is 0.383 e. The number of methoxy groups -OCH3 is 1. The highest BCUT2D eigenvalue weighted by Crippen LogP contribution is 2.21. The van der Waals surface area contributed by atoms with E-state index in [0.29, 0.717) is 30.7 Å². The average Bonchev–Trinajstić information content (AvgIpc) is 2.55. The topological polar surface area (TPSA) is 67.4 Å². The third kappa shape index (κ3) is 4.14. The van der Waals surface area contributed by atoms with Crippen molar-refractivity contribution in [1.82, 2.24) is 14.9 Å². The number of piperidine rings is 1. The second-order valence-electron chi connectivity index (χ2n) is 5.26. The summed E-state index contributed by atoms with van der Waals surface area (Å²) in [5, 5.41) is 3.09. The lowest BCUT2D eigenvalue weighted by Crippen LogP contribution is -2.43. The first-order chi connectivity index (χ1) is 10.3. The SMILES string of the molecule is CCC1CCCCN1C(=O)c1cnc(NCCOC)cn1. The van der Waals surface area contributed by atoms with E-state index < -0.39 is 0 Å². The first-order valence-corrected chi connectivity index (χ1v) is 7.62. The van der Waals surface area contributed by atoms with E-state index in [1.807, 2.05) is 4.90 Å². The maximum absolute atomic E-state index is 12.5. The molecule has 0 spiro atoms. The molecule has 1 aliphatic heterocycles. The van der Waals surface area contributed by atoms with Crippen LogP contribution in [-0.4, -0.2) is 53.6 Å². The molecular formula is C15H24N4O2. The van der Waals surface area contributed by atoms with E-state index in [0.717, 1.165) is 25.8 Å². The van der Waals surface area contributed by atoms with E-state index >= 15 is 0 Å². The molecule has 1 unspecified atom stereocenters. The van der Waals surface area contributed by atoms with Crippen molar-refractivity contribution < 1.29 is 9.53 Å². The third-order valence-corrected chi connectivity index (χ3v) is 3.84. The number of nitrogens with zero attached hydrogens (tertiary/aromatic N) is 3. The first-order valence-electron chi connectivity index (χ1n) is 7.62. The van der Waals surface area contributed by atoms with E-state index in [9.17, 15) is 4.79 Å². The molecule has 1 aliphatic rings. The fourth-order valence-electron chi connectivity index (χ4n) is 2.65. The lowest BCUT2D eigenvalue weighted by molar-refractivity contribution is 0.0601. The van der Waals surface area contributed by atoms with Crippen LogP contribution in [-0.2, 0) is 4.74 Å². The Morgan fingerprint density at radius 2 is 2.29 bits per heavy atom. The molecule has 1 fully saturated rings. The van der Waals surface area contributed by atoms with Gasteiger partial charge in [0.2, 0.25) is 0 Å². The molecule has 1 amide bonds. The first kappa shape index (κ1) is 15.7. The molecule has 1 atom stereocenters. The summed E-state index contributed by atoms with van der Waals surface area (Å²) < 4.78 is 4.96. The molecular weight excluding hydrogens is 268 g/mol. The average molecular weight is 292 g/mol. The number of ether oxygens (including phenoxy) is 1. The molecule has 2 rings (SSSR count). The molecule has 1 N–H and O–H groups in total. The van der Waals surface area contributed by atoms with Crippen LogP contribution >= 0.6 is 0 Å². The standard InChI is InChI=1S/C15H24N4O2/c1-3-12-6-4-5-8-19(12)15(20)13-10-18-14(11-17-13)16-7-9-21-2/h10-12H,3-9H2,1-2H3,(H,16,18). The Labute approximate surface area is 125 Å². The van der Waals surface area contributed by atoms with E-state index in [2.05, 4.69) is 22.2 Å². The third-order valence-electron chi connectivity index (χ3n) is 3.84. The molecule has 1 aromatic rings. The van der Waals surface area contributed by atoms with Crippen LogP contribution in [0.3, 0.4) is 0 Å². The quantitative estimate of drug-likeness (QED) is 0.812. The van der Waals surface area contributed by atoms with Crippen LogP contribution in [0.25, 0.3) is 0 Å². The molecule has 0 radical (unpaired) electrons. The number of carbonyl (C=O) groups is 1. The minimum absolute atomic E-state index is 0.00232. The van der Waals surface area contributed by atoms with Crippen molar-refractivity contribution in [3.05, 3.63) is 18.1 Å². The van der Waals surface area contributed by atoms with Gasteiger partial charge in [0.15, 0.2) is 0 Å². The molecule has 2 heterocycles. The number of aromatic nitrogens is 2. The second kappa shape index (κ2) is 7.93. The van der Waals surface area contributed by atoms with E-state index in [1.54, 1.807) is 19.5 Å². The Hall–Kier alpha value is -1.69. The molecule has 0 aromatic carbocycles. The van der Waals surface area contributed by atoms with Crippen LogP contribution in [0, 0.1) is 0 Å². The number of rotatable bonds is 6. The highest BCUT2D eigenvalue weighted by Gasteiger charge is 2.26. The van der Waals surface area contributed by atoms with Crippen LogP contribution in [0.2, 0.25) is 0 Å². The van der Waals surface area contributed by atoms with Crippen LogP contribution < -0.4 is 5.32 Å². The van der Waals surface area contributed by atoms with Crippen LogP contribution in [0.5, 0.6) is 0 Å². The fourth-order valence-corrected chi connectivity index (χ4v) is 2.65. The molecule has 21 heavy (non-hydrogen) atoms. The molecule has 6 heteroatoms. The Morgan fingerprint density at radius 1 is 1.43 bits per heavy atom. The highest BCUT2D eigenvalue weighted by molar-refractivity contribution is 5.92. The predicted molar refractivity (Wildman–Crippen MR) is 81.4 cm³/mol. The number of amides is 1. The normalized spacial score (nSPS) is 18.6. The number of nitrogens with one attached hydrogen (secondary N) is 1. The van der Waals surface area contributed by atoms with Crippen LogP contribution in [0.15, 0.2) is 12.4 Å². The van der Waals surface area contributed by atoms with Gasteiger partial charge in [-0.3, -0.25) is 4.79 Å². The van der Waals surface area contributed by atoms with E-state index in [4.69, 9.17) is 4.74 Å². The molecule has 1 saturated heterocycles. The molecule has 1 aromatic heterocycles. The monoisotopic (exact) mass is 292 g/mol. The summed E-state index contributed by atoms with van der Waals surface area (Å²) in [6.07, 6.45) is 7.53. The van der Waals surface area contributed by atoms with Gasteiger partial charge in [0.25, 0.3) is 5.91 Å². The number of hydrogen-bond acceptors (Lipinski definition) is 5. The zero-order valence-corrected chi connectivity index (χ0v) is 12.8. The lowest BCUT2D eigenvalue weighted by Gasteiger charge is -2.34. The maximum Gasteiger partial charge on any atom is 0.274 e. The van der Waals surface area contributed by atoms with Gasteiger partial charge in [0.05, 0.1) is 19.0 Å². The van der Waals surface area contributed by atoms with Crippen molar-refractivity contribution in [1.29, 1.82) is 0 Å². The number of anilines is 1. The van der Waals surface area contributed by atoms with Gasteiger partial charge in [-0.25, -0.2) is 9.97 Å². The van der Waals surface area contributed by atoms with Gasteiger partial charge in [-0.05, 0) is 25.7 Å². The van der Waals surface area contributed by atoms with Gasteiger partial charge in [-0.15, -0.1) is 0 Å². The van der Waals surface area contributed by atoms with Crippen molar-refractivity contribution in [3.63, 3.8) is 0 Å². The molecule has 116 valence electrons. The minimum atomic E-state index is -0.00232. The van der Waals surface area contributed by atoms with Crippen molar-refractivity contribution in [2.24, 2.45) is 0 Å². The lowest BCUT2D eigenvalue weighted by atomic mass is 10.00. The molecule has 6 nitrogen and oxygen atoms in total. The van der Waals surface area contributed by atoms with Crippen molar-refractivity contribution in [2.75, 3.05) is 32.1 Å². The van der Waals surface area contributed by atoms with Gasteiger partial charge in [0.1, 0.15) is 11.5 Å². The summed E-state index contributed by atoms with van der Waals surface area (Å²) in [5.41, 5.74) is 0.424. The Morgan fingerprint density at radius 3 is 2.95 bits per heavy atom. The van der Waals surface area contributed by atoms with E-state index in [-0.39, 0.29) is 5.91 Å². The summed E-state index contributed by atoms with van der Waals surface area (Å²) in [6.45, 7) is 4.23. The summed E-state index contributed by atoms with van der Waals surface area (Å²) in [6, 6.07) is 0.340. The summed E-state index contributed by atoms with van der Waals surface area (Å²) >= 11 is 0. The fraction of sp³-hybridized carbons (Fsp3) is 0.667.